The Balaban J connectivity index is 1.73. The van der Waals surface area contributed by atoms with Gasteiger partial charge in [0, 0.05) is 11.1 Å². The molecule has 168 valence electrons. The van der Waals surface area contributed by atoms with Crippen molar-refractivity contribution in [1.29, 1.82) is 0 Å². The minimum atomic E-state index is -0.833. The average molecular weight is 508 g/mol. The largest absolute Gasteiger partial charge is 0.434 e. The van der Waals surface area contributed by atoms with Crippen molar-refractivity contribution in [1.82, 2.24) is 25.0 Å². The van der Waals surface area contributed by atoms with Crippen LogP contribution < -0.4 is 27.3 Å². The van der Waals surface area contributed by atoms with Gasteiger partial charge in [0.2, 0.25) is 11.7 Å². The van der Waals surface area contributed by atoms with Crippen LogP contribution in [0.1, 0.15) is 5.56 Å². The van der Waals surface area contributed by atoms with Gasteiger partial charge in [0.05, 0.1) is 21.3 Å². The fourth-order valence-electron chi connectivity index (χ4n) is 2.92. The Morgan fingerprint density at radius 1 is 0.970 bits per heavy atom. The van der Waals surface area contributed by atoms with E-state index in [-0.39, 0.29) is 27.4 Å². The maximum absolute atomic E-state index is 12.3. The van der Waals surface area contributed by atoms with E-state index in [0.717, 1.165) is 10.2 Å². The maximum Gasteiger partial charge on any atom is 0.349 e. The van der Waals surface area contributed by atoms with Gasteiger partial charge in [-0.15, -0.1) is 10.2 Å². The van der Waals surface area contributed by atoms with Crippen molar-refractivity contribution in [2.24, 2.45) is 0 Å². The van der Waals surface area contributed by atoms with Gasteiger partial charge in [0.25, 0.3) is 11.1 Å². The number of halogens is 3. The van der Waals surface area contributed by atoms with Crippen LogP contribution in [0.2, 0.25) is 15.1 Å². The minimum absolute atomic E-state index is 0.00728. The average Bonchev–Trinajstić information content (AvgIpc) is 2.76. The second-order valence-corrected chi connectivity index (χ2v) is 8.03. The van der Waals surface area contributed by atoms with Crippen molar-refractivity contribution in [3.05, 3.63) is 88.2 Å². The van der Waals surface area contributed by atoms with E-state index in [9.17, 15) is 14.4 Å². The number of hydrogen-bond acceptors (Lipinski definition) is 7. The molecule has 0 aliphatic carbocycles. The molecule has 33 heavy (non-hydrogen) atoms. The summed E-state index contributed by atoms with van der Waals surface area (Å²) in [7, 11) is 0. The molecule has 0 aliphatic rings. The summed E-state index contributed by atoms with van der Waals surface area (Å²) in [6.07, 6.45) is 0. The number of ether oxygens (including phenoxy) is 1. The molecule has 0 amide bonds. The first kappa shape index (κ1) is 22.6. The summed E-state index contributed by atoms with van der Waals surface area (Å²) in [5.74, 6) is -0.382. The lowest BCUT2D eigenvalue weighted by molar-refractivity contribution is 0.455. The number of aromatic amines is 2. The standard InChI is InChI=1S/C20H13Cl3N6O4/c1-8-4-9(2-3-12(8)21)11-7-15(26-27-18(11)30)33-16-13(22)5-10(6-14(16)23)29-20(32)25-19(31)17(24)28-29/h2-7H,1H3,(H2,24,28)(H,27,30)(H,25,31,32). The van der Waals surface area contributed by atoms with Crippen LogP contribution >= 0.6 is 34.8 Å². The number of benzene rings is 2. The number of nitrogens with two attached hydrogens (primary N) is 1. The summed E-state index contributed by atoms with van der Waals surface area (Å²) < 4.78 is 6.54. The van der Waals surface area contributed by atoms with Gasteiger partial charge in [-0.1, -0.05) is 40.9 Å². The molecule has 0 bridgehead atoms. The molecule has 0 unspecified atom stereocenters. The SMILES string of the molecule is Cc1cc(-c2cc(Oc3c(Cl)cc(-n4nc(N)c(=O)[nH]c4=O)cc3Cl)n[nH]c2=O)ccc1Cl. The maximum atomic E-state index is 12.3. The lowest BCUT2D eigenvalue weighted by atomic mass is 10.1. The zero-order valence-corrected chi connectivity index (χ0v) is 18.9. The van der Waals surface area contributed by atoms with Crippen LogP contribution in [0, 0.1) is 6.92 Å². The van der Waals surface area contributed by atoms with Gasteiger partial charge in [-0.2, -0.15) is 4.68 Å². The van der Waals surface area contributed by atoms with E-state index in [1.54, 1.807) is 18.2 Å². The Morgan fingerprint density at radius 2 is 1.67 bits per heavy atom. The van der Waals surface area contributed by atoms with E-state index in [4.69, 9.17) is 45.3 Å². The molecule has 4 aromatic rings. The first-order valence-corrected chi connectivity index (χ1v) is 10.3. The zero-order valence-electron chi connectivity index (χ0n) is 16.6. The Labute approximate surface area is 199 Å². The smallest absolute Gasteiger partial charge is 0.349 e. The Hall–Kier alpha value is -3.60. The minimum Gasteiger partial charge on any atom is -0.434 e. The van der Waals surface area contributed by atoms with Crippen LogP contribution in [0.15, 0.2) is 50.8 Å². The number of nitrogens with zero attached hydrogens (tertiary/aromatic N) is 3. The normalized spacial score (nSPS) is 10.9. The zero-order chi connectivity index (χ0) is 23.9. The molecular formula is C20H13Cl3N6O4. The van der Waals surface area contributed by atoms with E-state index in [1.807, 2.05) is 11.9 Å². The van der Waals surface area contributed by atoms with Gasteiger partial charge in [-0.25, -0.2) is 9.89 Å². The second kappa shape index (κ2) is 8.74. The van der Waals surface area contributed by atoms with Crippen LogP contribution in [0.25, 0.3) is 16.8 Å². The van der Waals surface area contributed by atoms with E-state index in [2.05, 4.69) is 15.3 Å². The number of nitrogen functional groups attached to an aromatic ring is 1. The van der Waals surface area contributed by atoms with Crippen molar-refractivity contribution in [2.75, 3.05) is 5.73 Å². The van der Waals surface area contributed by atoms with Gasteiger partial charge < -0.3 is 10.5 Å². The predicted molar refractivity (Wildman–Crippen MR) is 125 cm³/mol. The molecule has 4 rings (SSSR count). The quantitative estimate of drug-likeness (QED) is 0.383. The van der Waals surface area contributed by atoms with Crippen molar-refractivity contribution in [2.45, 2.75) is 6.92 Å². The summed E-state index contributed by atoms with van der Waals surface area (Å²) in [4.78, 5) is 37.8. The van der Waals surface area contributed by atoms with Crippen LogP contribution in [-0.2, 0) is 0 Å². The second-order valence-electron chi connectivity index (χ2n) is 6.81. The van der Waals surface area contributed by atoms with Gasteiger partial charge in [0.15, 0.2) is 5.75 Å². The summed E-state index contributed by atoms with van der Waals surface area (Å²) in [6.45, 7) is 1.82. The first-order chi connectivity index (χ1) is 15.6. The van der Waals surface area contributed by atoms with Gasteiger partial charge in [-0.05, 0) is 42.3 Å². The van der Waals surface area contributed by atoms with Crippen molar-refractivity contribution in [3.63, 3.8) is 0 Å². The Kier molecular flexibility index (Phi) is 5.98. The number of hydrogen-bond donors (Lipinski definition) is 3. The third-order valence-corrected chi connectivity index (χ3v) is 5.52. The Bertz CT molecular complexity index is 1550. The highest BCUT2D eigenvalue weighted by atomic mass is 35.5. The molecule has 0 saturated carbocycles. The molecular weight excluding hydrogens is 495 g/mol. The summed E-state index contributed by atoms with van der Waals surface area (Å²) >= 11 is 18.7. The third-order valence-electron chi connectivity index (χ3n) is 4.54. The molecule has 0 atom stereocenters. The molecule has 4 N–H and O–H groups in total. The molecule has 10 nitrogen and oxygen atoms in total. The molecule has 0 fully saturated rings. The number of nitrogens with one attached hydrogen (secondary N) is 2. The number of rotatable bonds is 4. The van der Waals surface area contributed by atoms with Crippen LogP contribution in [-0.4, -0.2) is 25.0 Å². The predicted octanol–water partition coefficient (Wildman–Crippen LogP) is 3.31. The van der Waals surface area contributed by atoms with Gasteiger partial charge >= 0.3 is 5.69 Å². The van der Waals surface area contributed by atoms with Crippen molar-refractivity contribution in [3.8, 4) is 28.4 Å². The number of H-pyrrole nitrogens is 2. The van der Waals surface area contributed by atoms with Crippen molar-refractivity contribution < 1.29 is 4.74 Å². The highest BCUT2D eigenvalue weighted by Gasteiger charge is 2.16. The molecule has 0 radical (unpaired) electrons. The molecule has 0 spiro atoms. The summed E-state index contributed by atoms with van der Waals surface area (Å²) in [5.41, 5.74) is 5.23. The lowest BCUT2D eigenvalue weighted by Gasteiger charge is -2.12. The number of aryl methyl sites for hydroxylation is 1. The van der Waals surface area contributed by atoms with Crippen LogP contribution in [0.3, 0.4) is 0 Å². The molecule has 13 heteroatoms. The van der Waals surface area contributed by atoms with Gasteiger partial charge in [0.1, 0.15) is 0 Å². The fraction of sp³-hybridized carbons (Fsp3) is 0.0500. The Morgan fingerprint density at radius 3 is 2.33 bits per heavy atom. The van der Waals surface area contributed by atoms with E-state index < -0.39 is 22.6 Å². The number of anilines is 1. The third kappa shape index (κ3) is 4.49. The molecule has 2 aromatic carbocycles. The lowest BCUT2D eigenvalue weighted by Crippen LogP contribution is -2.33. The van der Waals surface area contributed by atoms with E-state index in [0.29, 0.717) is 16.1 Å². The van der Waals surface area contributed by atoms with Crippen LogP contribution in [0.5, 0.6) is 11.6 Å². The van der Waals surface area contributed by atoms with Crippen LogP contribution in [0.4, 0.5) is 5.82 Å². The highest BCUT2D eigenvalue weighted by Crippen LogP contribution is 2.38. The van der Waals surface area contributed by atoms with E-state index >= 15 is 0 Å². The fourth-order valence-corrected chi connectivity index (χ4v) is 3.60. The highest BCUT2D eigenvalue weighted by molar-refractivity contribution is 6.37. The van der Waals surface area contributed by atoms with E-state index in [1.165, 1.54) is 18.2 Å². The summed E-state index contributed by atoms with van der Waals surface area (Å²) in [5, 5.41) is 10.5. The molecule has 2 heterocycles. The molecule has 0 saturated heterocycles. The monoisotopic (exact) mass is 506 g/mol. The summed E-state index contributed by atoms with van der Waals surface area (Å²) in [6, 6.07) is 9.23. The molecule has 2 aromatic heterocycles. The first-order valence-electron chi connectivity index (χ1n) is 9.16. The molecule has 0 aliphatic heterocycles. The van der Waals surface area contributed by atoms with Gasteiger partial charge in [-0.3, -0.25) is 14.6 Å². The van der Waals surface area contributed by atoms with Crippen molar-refractivity contribution >= 4 is 40.6 Å². The number of aromatic nitrogens is 5. The topological polar surface area (TPSA) is 149 Å².